The van der Waals surface area contributed by atoms with Crippen LogP contribution in [0.15, 0.2) is 43.1 Å². The molecule has 0 aromatic carbocycles. The molecule has 4 rings (SSSR count). The van der Waals surface area contributed by atoms with Crippen LogP contribution < -0.4 is 10.6 Å². The van der Waals surface area contributed by atoms with E-state index in [1.165, 1.54) is 17.4 Å². The van der Waals surface area contributed by atoms with Gasteiger partial charge in [-0.2, -0.15) is 0 Å². The third-order valence-electron chi connectivity index (χ3n) is 4.66. The number of aromatic nitrogens is 5. The molecule has 2 N–H and O–H groups in total. The molecule has 3 heterocycles. The number of hydrogen-bond donors (Lipinski definition) is 2. The van der Waals surface area contributed by atoms with Crippen LogP contribution in [0.2, 0.25) is 0 Å². The van der Waals surface area contributed by atoms with Gasteiger partial charge in [-0.1, -0.05) is 12.5 Å². The fraction of sp³-hybridized carbons (Fsp3) is 0.294. The number of anilines is 1. The number of nitrogens with one attached hydrogen (secondary N) is 2. The molecule has 1 fully saturated rings. The maximum Gasteiger partial charge on any atom is 0.222 e. The molecule has 3 aromatic heterocycles. The molecule has 0 radical (unpaired) electrons. The van der Waals surface area contributed by atoms with Gasteiger partial charge in [0, 0.05) is 42.9 Å². The van der Waals surface area contributed by atoms with Crippen molar-refractivity contribution in [2.75, 3.05) is 11.9 Å². The molecule has 0 spiro atoms. The summed E-state index contributed by atoms with van der Waals surface area (Å²) in [5, 5.41) is 4.56. The van der Waals surface area contributed by atoms with Gasteiger partial charge in [-0.15, -0.1) is 9.24 Å². The van der Waals surface area contributed by atoms with E-state index in [1.54, 1.807) is 24.8 Å². The second-order valence-electron chi connectivity index (χ2n) is 6.16. The Hall–Kier alpha value is -2.33. The van der Waals surface area contributed by atoms with Gasteiger partial charge in [0.05, 0.1) is 11.3 Å². The Morgan fingerprint density at radius 1 is 1.12 bits per heavy atom. The molecular formula is C17H19N6P. The van der Waals surface area contributed by atoms with E-state index >= 15 is 0 Å². The highest BCUT2D eigenvalue weighted by molar-refractivity contribution is 7.27. The quantitative estimate of drug-likeness (QED) is 0.698. The Labute approximate surface area is 142 Å². The summed E-state index contributed by atoms with van der Waals surface area (Å²) in [6.45, 7) is 0.797. The first-order chi connectivity index (χ1) is 11.8. The molecule has 24 heavy (non-hydrogen) atoms. The number of imidazole rings is 1. The third-order valence-corrected chi connectivity index (χ3v) is 5.13. The molecule has 0 amide bonds. The standard InChI is InChI=1S/C17H19N6P/c24-13-3-1-6-18-14(13)17(4-2-5-17)11-23-16-21-9-12(10-22-16)15-19-7-8-20-15/h1,3,6-10H,2,4-5,11,24H2,(H,19,20)(H,21,22,23). The molecule has 1 atom stereocenters. The molecule has 1 aliphatic carbocycles. The fourth-order valence-corrected chi connectivity index (χ4v) is 3.67. The average molecular weight is 338 g/mol. The first-order valence-electron chi connectivity index (χ1n) is 8.03. The summed E-state index contributed by atoms with van der Waals surface area (Å²) in [5.41, 5.74) is 2.13. The Balaban J connectivity index is 1.49. The molecule has 122 valence electrons. The lowest BCUT2D eigenvalue weighted by Crippen LogP contribution is -2.44. The van der Waals surface area contributed by atoms with Gasteiger partial charge in [-0.3, -0.25) is 4.98 Å². The largest absolute Gasteiger partial charge is 0.353 e. The van der Waals surface area contributed by atoms with Crippen LogP contribution in [0.4, 0.5) is 5.95 Å². The van der Waals surface area contributed by atoms with Gasteiger partial charge in [0.1, 0.15) is 5.82 Å². The highest BCUT2D eigenvalue weighted by Gasteiger charge is 2.40. The van der Waals surface area contributed by atoms with Crippen molar-refractivity contribution in [3.63, 3.8) is 0 Å². The summed E-state index contributed by atoms with van der Waals surface area (Å²) < 4.78 is 0. The molecule has 0 saturated heterocycles. The van der Waals surface area contributed by atoms with Crippen molar-refractivity contribution in [1.29, 1.82) is 0 Å². The smallest absolute Gasteiger partial charge is 0.222 e. The molecule has 0 aliphatic heterocycles. The van der Waals surface area contributed by atoms with Gasteiger partial charge in [-0.25, -0.2) is 15.0 Å². The van der Waals surface area contributed by atoms with E-state index in [0.717, 1.165) is 30.8 Å². The van der Waals surface area contributed by atoms with E-state index in [0.29, 0.717) is 5.95 Å². The lowest BCUT2D eigenvalue weighted by molar-refractivity contribution is 0.254. The van der Waals surface area contributed by atoms with Gasteiger partial charge in [0.25, 0.3) is 0 Å². The SMILES string of the molecule is Pc1cccnc1C1(CNc2ncc(-c3ncc[nH]3)cn2)CCC1. The van der Waals surface area contributed by atoms with Crippen LogP contribution in [0.25, 0.3) is 11.4 Å². The Kier molecular flexibility index (Phi) is 3.98. The summed E-state index contributed by atoms with van der Waals surface area (Å²) in [6, 6.07) is 4.07. The summed E-state index contributed by atoms with van der Waals surface area (Å²) in [4.78, 5) is 20.7. The minimum absolute atomic E-state index is 0.0847. The minimum Gasteiger partial charge on any atom is -0.353 e. The first kappa shape index (κ1) is 15.2. The Morgan fingerprint density at radius 3 is 2.58 bits per heavy atom. The topological polar surface area (TPSA) is 79.4 Å². The summed E-state index contributed by atoms with van der Waals surface area (Å²) in [5.74, 6) is 1.41. The zero-order chi connectivity index (χ0) is 16.4. The fourth-order valence-electron chi connectivity index (χ4n) is 3.17. The highest BCUT2D eigenvalue weighted by Crippen LogP contribution is 2.42. The summed E-state index contributed by atoms with van der Waals surface area (Å²) >= 11 is 0. The number of pyridine rings is 1. The lowest BCUT2D eigenvalue weighted by Gasteiger charge is -2.42. The molecule has 1 saturated carbocycles. The number of nitrogens with zero attached hydrogens (tertiary/aromatic N) is 4. The number of hydrogen-bond acceptors (Lipinski definition) is 5. The van der Waals surface area contributed by atoms with Gasteiger partial charge in [-0.05, 0) is 24.2 Å². The van der Waals surface area contributed by atoms with Crippen LogP contribution in [-0.4, -0.2) is 31.5 Å². The third kappa shape index (κ3) is 2.78. The predicted molar refractivity (Wildman–Crippen MR) is 97.2 cm³/mol. The van der Waals surface area contributed by atoms with Crippen molar-refractivity contribution < 1.29 is 0 Å². The molecule has 1 unspecified atom stereocenters. The van der Waals surface area contributed by atoms with Crippen molar-refractivity contribution in [1.82, 2.24) is 24.9 Å². The van der Waals surface area contributed by atoms with E-state index in [-0.39, 0.29) is 5.41 Å². The maximum absolute atomic E-state index is 4.62. The van der Waals surface area contributed by atoms with E-state index in [2.05, 4.69) is 45.5 Å². The second-order valence-corrected chi connectivity index (χ2v) is 6.78. The van der Waals surface area contributed by atoms with E-state index in [9.17, 15) is 0 Å². The minimum atomic E-state index is 0.0847. The summed E-state index contributed by atoms with van der Waals surface area (Å²) in [6.07, 6.45) is 12.5. The zero-order valence-electron chi connectivity index (χ0n) is 13.2. The van der Waals surface area contributed by atoms with Gasteiger partial charge >= 0.3 is 0 Å². The first-order valence-corrected chi connectivity index (χ1v) is 8.61. The number of rotatable bonds is 5. The lowest BCUT2D eigenvalue weighted by atomic mass is 9.66. The van der Waals surface area contributed by atoms with Crippen molar-refractivity contribution in [3.05, 3.63) is 48.8 Å². The van der Waals surface area contributed by atoms with E-state index < -0.39 is 0 Å². The zero-order valence-corrected chi connectivity index (χ0v) is 14.4. The van der Waals surface area contributed by atoms with Gasteiger partial charge in [0.15, 0.2) is 0 Å². The monoisotopic (exact) mass is 338 g/mol. The molecule has 0 bridgehead atoms. The van der Waals surface area contributed by atoms with Crippen molar-refractivity contribution in [2.24, 2.45) is 0 Å². The van der Waals surface area contributed by atoms with Crippen LogP contribution >= 0.6 is 9.24 Å². The molecule has 6 nitrogen and oxygen atoms in total. The van der Waals surface area contributed by atoms with Crippen molar-refractivity contribution in [3.8, 4) is 11.4 Å². The maximum atomic E-state index is 4.62. The highest BCUT2D eigenvalue weighted by atomic mass is 31.0. The normalized spacial score (nSPS) is 15.7. The Bertz CT molecular complexity index is 811. The van der Waals surface area contributed by atoms with Crippen LogP contribution in [0.5, 0.6) is 0 Å². The molecular weight excluding hydrogens is 319 g/mol. The molecule has 3 aromatic rings. The predicted octanol–water partition coefficient (Wildman–Crippen LogP) is 2.30. The van der Waals surface area contributed by atoms with Crippen LogP contribution in [0.3, 0.4) is 0 Å². The second kappa shape index (κ2) is 6.29. The van der Waals surface area contributed by atoms with Crippen LogP contribution in [0, 0.1) is 0 Å². The van der Waals surface area contributed by atoms with Crippen LogP contribution in [0.1, 0.15) is 25.0 Å². The molecule has 7 heteroatoms. The van der Waals surface area contributed by atoms with Gasteiger partial charge in [0.2, 0.25) is 5.95 Å². The molecule has 1 aliphatic rings. The van der Waals surface area contributed by atoms with Crippen molar-refractivity contribution >= 4 is 20.5 Å². The summed E-state index contributed by atoms with van der Waals surface area (Å²) in [7, 11) is 2.80. The number of aromatic amines is 1. The number of H-pyrrole nitrogens is 1. The van der Waals surface area contributed by atoms with Crippen molar-refractivity contribution in [2.45, 2.75) is 24.7 Å². The van der Waals surface area contributed by atoms with Crippen LogP contribution in [-0.2, 0) is 5.41 Å². The van der Waals surface area contributed by atoms with E-state index in [4.69, 9.17) is 0 Å². The van der Waals surface area contributed by atoms with Gasteiger partial charge < -0.3 is 10.3 Å². The van der Waals surface area contributed by atoms with E-state index in [1.807, 2.05) is 12.3 Å². The Morgan fingerprint density at radius 2 is 1.96 bits per heavy atom. The average Bonchev–Trinajstić information content (AvgIpc) is 3.10.